The summed E-state index contributed by atoms with van der Waals surface area (Å²) in [7, 11) is 0. The van der Waals surface area contributed by atoms with E-state index in [1.807, 2.05) is 0 Å². The van der Waals surface area contributed by atoms with E-state index in [0.717, 1.165) is 31.8 Å². The molecule has 92 valence electrons. The number of ether oxygens (including phenoxy) is 2. The molecule has 0 unspecified atom stereocenters. The van der Waals surface area contributed by atoms with Crippen molar-refractivity contribution in [2.45, 2.75) is 12.8 Å². The molecule has 0 amide bonds. The quantitative estimate of drug-likeness (QED) is 0.606. The van der Waals surface area contributed by atoms with E-state index < -0.39 is 0 Å². The van der Waals surface area contributed by atoms with Gasteiger partial charge in [0.2, 0.25) is 0 Å². The molecule has 5 heteroatoms. The molecule has 0 bridgehead atoms. The van der Waals surface area contributed by atoms with Gasteiger partial charge >= 0.3 is 0 Å². The number of aromatic nitrogens is 1. The number of hydrogen-bond acceptors (Lipinski definition) is 4. The lowest BCUT2D eigenvalue weighted by Gasteiger charge is -2.21. The van der Waals surface area contributed by atoms with E-state index in [4.69, 9.17) is 20.6 Å². The molecule has 1 aliphatic heterocycles. The molecule has 1 aliphatic rings. The van der Waals surface area contributed by atoms with Gasteiger partial charge in [0.15, 0.2) is 0 Å². The van der Waals surface area contributed by atoms with Crippen molar-refractivity contribution in [2.75, 3.05) is 19.8 Å². The van der Waals surface area contributed by atoms with Crippen molar-refractivity contribution in [2.24, 2.45) is 11.7 Å². The maximum atomic E-state index is 7.23. The predicted octanol–water partition coefficient (Wildman–Crippen LogP) is 1.17. The van der Waals surface area contributed by atoms with Gasteiger partial charge in [0.1, 0.15) is 17.3 Å². The van der Waals surface area contributed by atoms with Crippen molar-refractivity contribution in [3.63, 3.8) is 0 Å². The zero-order chi connectivity index (χ0) is 12.1. The van der Waals surface area contributed by atoms with Crippen LogP contribution in [0.15, 0.2) is 18.3 Å². The van der Waals surface area contributed by atoms with Crippen molar-refractivity contribution in [1.82, 2.24) is 4.98 Å². The average Bonchev–Trinajstić information content (AvgIpc) is 2.38. The number of nitrogens with one attached hydrogen (secondary N) is 1. The Labute approximate surface area is 100 Å². The number of amidine groups is 1. The first-order chi connectivity index (χ1) is 8.25. The fraction of sp³-hybridized carbons (Fsp3) is 0.500. The number of rotatable bonds is 4. The van der Waals surface area contributed by atoms with Gasteiger partial charge in [-0.3, -0.25) is 5.41 Å². The number of nitrogens with two attached hydrogens (primary N) is 1. The summed E-state index contributed by atoms with van der Waals surface area (Å²) in [4.78, 5) is 4.04. The fourth-order valence-electron chi connectivity index (χ4n) is 1.75. The molecule has 1 aromatic heterocycles. The van der Waals surface area contributed by atoms with Crippen molar-refractivity contribution < 1.29 is 9.47 Å². The summed E-state index contributed by atoms with van der Waals surface area (Å²) in [6.07, 6.45) is 3.72. The standard InChI is InChI=1S/C12H17N3O2/c13-12(14)11-2-1-10(7-15-11)17-8-9-3-5-16-6-4-9/h1-2,7,9H,3-6,8H2,(H3,13,14). The van der Waals surface area contributed by atoms with Crippen molar-refractivity contribution >= 4 is 5.84 Å². The molecule has 1 saturated heterocycles. The van der Waals surface area contributed by atoms with E-state index in [2.05, 4.69) is 4.98 Å². The minimum Gasteiger partial charge on any atom is -0.492 e. The van der Waals surface area contributed by atoms with Crippen LogP contribution in [0.5, 0.6) is 5.75 Å². The van der Waals surface area contributed by atoms with Crippen LogP contribution in [0.1, 0.15) is 18.5 Å². The fourth-order valence-corrected chi connectivity index (χ4v) is 1.75. The summed E-state index contributed by atoms with van der Waals surface area (Å²) in [6, 6.07) is 3.49. The second kappa shape index (κ2) is 5.63. The molecular formula is C12H17N3O2. The van der Waals surface area contributed by atoms with Gasteiger partial charge in [-0.1, -0.05) is 0 Å². The van der Waals surface area contributed by atoms with Gasteiger partial charge < -0.3 is 15.2 Å². The Morgan fingerprint density at radius 2 is 2.24 bits per heavy atom. The molecule has 0 aromatic carbocycles. The molecule has 17 heavy (non-hydrogen) atoms. The summed E-state index contributed by atoms with van der Waals surface area (Å²) in [6.45, 7) is 2.36. The van der Waals surface area contributed by atoms with Crippen molar-refractivity contribution in [3.8, 4) is 5.75 Å². The first-order valence-corrected chi connectivity index (χ1v) is 5.76. The van der Waals surface area contributed by atoms with Gasteiger partial charge in [0.25, 0.3) is 0 Å². The summed E-state index contributed by atoms with van der Waals surface area (Å²) < 4.78 is 10.9. The van der Waals surface area contributed by atoms with E-state index >= 15 is 0 Å². The Balaban J connectivity index is 1.84. The first kappa shape index (κ1) is 11.9. The molecule has 3 N–H and O–H groups in total. The molecule has 0 atom stereocenters. The molecule has 0 saturated carbocycles. The van der Waals surface area contributed by atoms with Crippen LogP contribution in [0.25, 0.3) is 0 Å². The normalized spacial score (nSPS) is 16.7. The zero-order valence-electron chi connectivity index (χ0n) is 9.69. The molecule has 2 heterocycles. The lowest BCUT2D eigenvalue weighted by molar-refractivity contribution is 0.0497. The minimum absolute atomic E-state index is 0.0269. The van der Waals surface area contributed by atoms with Crippen LogP contribution in [0.3, 0.4) is 0 Å². The van der Waals surface area contributed by atoms with Gasteiger partial charge in [0.05, 0.1) is 12.8 Å². The van der Waals surface area contributed by atoms with Gasteiger partial charge in [-0.2, -0.15) is 0 Å². The van der Waals surface area contributed by atoms with Crippen LogP contribution in [0.2, 0.25) is 0 Å². The lowest BCUT2D eigenvalue weighted by Crippen LogP contribution is -2.21. The Hall–Kier alpha value is -1.62. The molecule has 1 aromatic rings. The van der Waals surface area contributed by atoms with E-state index in [1.54, 1.807) is 18.3 Å². The average molecular weight is 235 g/mol. The number of pyridine rings is 1. The third kappa shape index (κ3) is 3.42. The first-order valence-electron chi connectivity index (χ1n) is 5.76. The maximum absolute atomic E-state index is 7.23. The second-order valence-corrected chi connectivity index (χ2v) is 4.16. The summed E-state index contributed by atoms with van der Waals surface area (Å²) >= 11 is 0. The van der Waals surface area contributed by atoms with Crippen molar-refractivity contribution in [1.29, 1.82) is 5.41 Å². The monoisotopic (exact) mass is 235 g/mol. The van der Waals surface area contributed by atoms with Gasteiger partial charge in [-0.05, 0) is 30.9 Å². The highest BCUT2D eigenvalue weighted by atomic mass is 16.5. The number of nitrogen functional groups attached to an aromatic ring is 1. The Morgan fingerprint density at radius 1 is 1.47 bits per heavy atom. The number of nitrogens with zero attached hydrogens (tertiary/aromatic N) is 1. The zero-order valence-corrected chi connectivity index (χ0v) is 9.69. The smallest absolute Gasteiger partial charge is 0.141 e. The third-order valence-corrected chi connectivity index (χ3v) is 2.84. The van der Waals surface area contributed by atoms with Crippen LogP contribution in [-0.2, 0) is 4.74 Å². The third-order valence-electron chi connectivity index (χ3n) is 2.84. The Bertz CT molecular complexity index is 372. The van der Waals surface area contributed by atoms with Gasteiger partial charge in [-0.25, -0.2) is 4.98 Å². The molecule has 0 aliphatic carbocycles. The Morgan fingerprint density at radius 3 is 2.82 bits per heavy atom. The van der Waals surface area contributed by atoms with Crippen LogP contribution in [0, 0.1) is 11.3 Å². The van der Waals surface area contributed by atoms with Crippen LogP contribution < -0.4 is 10.5 Å². The minimum atomic E-state index is -0.0269. The maximum Gasteiger partial charge on any atom is 0.141 e. The van der Waals surface area contributed by atoms with Crippen LogP contribution in [0.4, 0.5) is 0 Å². The predicted molar refractivity (Wildman–Crippen MR) is 64.3 cm³/mol. The highest BCUT2D eigenvalue weighted by Gasteiger charge is 2.14. The molecule has 2 rings (SSSR count). The molecule has 5 nitrogen and oxygen atoms in total. The second-order valence-electron chi connectivity index (χ2n) is 4.16. The van der Waals surface area contributed by atoms with Crippen LogP contribution >= 0.6 is 0 Å². The molecular weight excluding hydrogens is 218 g/mol. The Kier molecular flexibility index (Phi) is 3.93. The van der Waals surface area contributed by atoms with Crippen molar-refractivity contribution in [3.05, 3.63) is 24.0 Å². The van der Waals surface area contributed by atoms with Gasteiger partial charge in [-0.15, -0.1) is 0 Å². The summed E-state index contributed by atoms with van der Waals surface area (Å²) in [5.74, 6) is 1.26. The molecule has 0 radical (unpaired) electrons. The lowest BCUT2D eigenvalue weighted by atomic mass is 10.0. The van der Waals surface area contributed by atoms with E-state index in [1.165, 1.54) is 0 Å². The van der Waals surface area contributed by atoms with Gasteiger partial charge in [0, 0.05) is 13.2 Å². The topological polar surface area (TPSA) is 81.2 Å². The molecule has 0 spiro atoms. The SMILES string of the molecule is N=C(N)c1ccc(OCC2CCOCC2)cn1. The van der Waals surface area contributed by atoms with E-state index in [-0.39, 0.29) is 5.84 Å². The molecule has 1 fully saturated rings. The highest BCUT2D eigenvalue weighted by molar-refractivity contribution is 5.92. The van der Waals surface area contributed by atoms with E-state index in [9.17, 15) is 0 Å². The summed E-state index contributed by atoms with van der Waals surface area (Å²) in [5, 5.41) is 7.23. The summed E-state index contributed by atoms with van der Waals surface area (Å²) in [5.41, 5.74) is 5.80. The van der Waals surface area contributed by atoms with Crippen LogP contribution in [-0.4, -0.2) is 30.6 Å². The highest BCUT2D eigenvalue weighted by Crippen LogP contribution is 2.17. The largest absolute Gasteiger partial charge is 0.492 e. The van der Waals surface area contributed by atoms with E-state index in [0.29, 0.717) is 18.2 Å². The number of hydrogen-bond donors (Lipinski definition) is 2.